The normalized spacial score (nSPS) is 13.3. The number of methoxy groups -OCH3 is 1. The predicted octanol–water partition coefficient (Wildman–Crippen LogP) is 1.80. The average molecular weight is 274 g/mol. The van der Waals surface area contributed by atoms with Gasteiger partial charge in [0, 0.05) is 35.8 Å². The predicted molar refractivity (Wildman–Crippen MR) is 75.0 cm³/mol. The van der Waals surface area contributed by atoms with Gasteiger partial charge in [-0.1, -0.05) is 6.07 Å². The van der Waals surface area contributed by atoms with Gasteiger partial charge in [0.25, 0.3) is 0 Å². The van der Waals surface area contributed by atoms with E-state index >= 15 is 0 Å². The number of anilines is 1. The molecule has 6 heteroatoms. The van der Waals surface area contributed by atoms with Crippen molar-refractivity contribution < 1.29 is 4.74 Å². The van der Waals surface area contributed by atoms with Gasteiger partial charge in [-0.05, 0) is 5.56 Å². The molecule has 0 aromatic carbocycles. The molecule has 1 aliphatic heterocycles. The molecule has 0 atom stereocenters. The van der Waals surface area contributed by atoms with Gasteiger partial charge in [0.1, 0.15) is 11.6 Å². The number of nitrogens with zero attached hydrogens (tertiary/aromatic N) is 3. The number of nitrogens with two attached hydrogens (primary N) is 1. The fraction of sp³-hybridized carbons (Fsp3) is 0.308. The molecule has 5 nitrogen and oxygen atoms in total. The highest BCUT2D eigenvalue weighted by atomic mass is 32.2. The quantitative estimate of drug-likeness (QED) is 0.920. The molecule has 0 saturated heterocycles. The maximum Gasteiger partial charge on any atom is 0.212 e. The molecule has 3 rings (SSSR count). The topological polar surface area (TPSA) is 73.9 Å². The van der Waals surface area contributed by atoms with Gasteiger partial charge < -0.3 is 10.5 Å². The third kappa shape index (κ3) is 2.49. The Morgan fingerprint density at radius 1 is 1.32 bits per heavy atom. The Morgan fingerprint density at radius 2 is 2.21 bits per heavy atom. The van der Waals surface area contributed by atoms with Crippen molar-refractivity contribution in [1.29, 1.82) is 0 Å². The summed E-state index contributed by atoms with van der Waals surface area (Å²) in [6, 6.07) is 3.80. The van der Waals surface area contributed by atoms with E-state index in [-0.39, 0.29) is 0 Å². The zero-order valence-corrected chi connectivity index (χ0v) is 11.4. The molecule has 0 saturated carbocycles. The second-order valence-electron chi connectivity index (χ2n) is 4.33. The van der Waals surface area contributed by atoms with Gasteiger partial charge >= 0.3 is 0 Å². The van der Waals surface area contributed by atoms with Crippen LogP contribution in [0.2, 0.25) is 0 Å². The highest BCUT2D eigenvalue weighted by Gasteiger charge is 2.18. The standard InChI is InChI=1S/C13H14N4OS/c1-18-12-3-2-8(5-15-12)4-11-16-10-7-19-6-9(10)13(14)17-11/h2-3,5H,4,6-7H2,1H3,(H2,14,16,17). The van der Waals surface area contributed by atoms with E-state index in [1.807, 2.05) is 23.9 Å². The molecule has 0 amide bonds. The number of thioether (sulfide) groups is 1. The van der Waals surface area contributed by atoms with E-state index in [0.717, 1.165) is 34.2 Å². The summed E-state index contributed by atoms with van der Waals surface area (Å²) in [5.41, 5.74) is 9.20. The Balaban J connectivity index is 1.84. The van der Waals surface area contributed by atoms with Gasteiger partial charge in [-0.3, -0.25) is 0 Å². The first kappa shape index (κ1) is 12.2. The Bertz CT molecular complexity index is 600. The number of fused-ring (bicyclic) bond motifs is 1. The van der Waals surface area contributed by atoms with Crippen molar-refractivity contribution in [3.63, 3.8) is 0 Å². The van der Waals surface area contributed by atoms with Crippen molar-refractivity contribution in [2.24, 2.45) is 0 Å². The van der Waals surface area contributed by atoms with Crippen LogP contribution < -0.4 is 10.5 Å². The second kappa shape index (κ2) is 5.05. The molecule has 0 spiro atoms. The maximum atomic E-state index is 5.97. The van der Waals surface area contributed by atoms with Gasteiger partial charge in [0.15, 0.2) is 0 Å². The molecule has 0 fully saturated rings. The molecule has 3 heterocycles. The molecular formula is C13H14N4OS. The van der Waals surface area contributed by atoms with Crippen molar-refractivity contribution >= 4 is 17.6 Å². The average Bonchev–Trinajstić information content (AvgIpc) is 2.88. The summed E-state index contributed by atoms with van der Waals surface area (Å²) in [6.45, 7) is 0. The zero-order chi connectivity index (χ0) is 13.2. The van der Waals surface area contributed by atoms with Crippen molar-refractivity contribution in [2.45, 2.75) is 17.9 Å². The van der Waals surface area contributed by atoms with Gasteiger partial charge in [-0.2, -0.15) is 11.8 Å². The fourth-order valence-electron chi connectivity index (χ4n) is 2.03. The molecular weight excluding hydrogens is 260 g/mol. The molecule has 0 bridgehead atoms. The first-order chi connectivity index (χ1) is 9.26. The minimum Gasteiger partial charge on any atom is -0.481 e. The van der Waals surface area contributed by atoms with Crippen LogP contribution >= 0.6 is 11.8 Å². The first-order valence-corrected chi connectivity index (χ1v) is 7.12. The molecule has 98 valence electrons. The van der Waals surface area contributed by atoms with Gasteiger partial charge in [0.2, 0.25) is 5.88 Å². The van der Waals surface area contributed by atoms with Crippen LogP contribution in [0.4, 0.5) is 5.82 Å². The van der Waals surface area contributed by atoms with Crippen LogP contribution in [0.15, 0.2) is 18.3 Å². The number of aromatic nitrogens is 3. The molecule has 19 heavy (non-hydrogen) atoms. The maximum absolute atomic E-state index is 5.97. The van der Waals surface area contributed by atoms with Crippen LogP contribution in [-0.2, 0) is 17.9 Å². The SMILES string of the molecule is COc1ccc(Cc2nc(N)c3c(n2)CSC3)cn1. The molecule has 2 aromatic heterocycles. The summed E-state index contributed by atoms with van der Waals surface area (Å²) in [4.78, 5) is 13.1. The summed E-state index contributed by atoms with van der Waals surface area (Å²) < 4.78 is 5.03. The number of hydrogen-bond acceptors (Lipinski definition) is 6. The summed E-state index contributed by atoms with van der Waals surface area (Å²) in [7, 11) is 1.60. The van der Waals surface area contributed by atoms with Crippen molar-refractivity contribution in [2.75, 3.05) is 12.8 Å². The van der Waals surface area contributed by atoms with Crippen LogP contribution in [0.25, 0.3) is 0 Å². The van der Waals surface area contributed by atoms with Gasteiger partial charge in [-0.15, -0.1) is 0 Å². The van der Waals surface area contributed by atoms with E-state index in [1.54, 1.807) is 13.3 Å². The Morgan fingerprint density at radius 3 is 2.95 bits per heavy atom. The minimum atomic E-state index is 0.606. The van der Waals surface area contributed by atoms with E-state index < -0.39 is 0 Å². The monoisotopic (exact) mass is 274 g/mol. The lowest BCUT2D eigenvalue weighted by molar-refractivity contribution is 0.397. The first-order valence-electron chi connectivity index (χ1n) is 5.97. The lowest BCUT2D eigenvalue weighted by Crippen LogP contribution is -2.06. The zero-order valence-electron chi connectivity index (χ0n) is 10.6. The summed E-state index contributed by atoms with van der Waals surface area (Å²) in [5.74, 6) is 3.83. The van der Waals surface area contributed by atoms with Crippen LogP contribution in [-0.4, -0.2) is 22.1 Å². The third-order valence-corrected chi connectivity index (χ3v) is 4.00. The minimum absolute atomic E-state index is 0.606. The highest BCUT2D eigenvalue weighted by molar-refractivity contribution is 7.98. The van der Waals surface area contributed by atoms with E-state index in [9.17, 15) is 0 Å². The highest BCUT2D eigenvalue weighted by Crippen LogP contribution is 2.31. The van der Waals surface area contributed by atoms with Gasteiger partial charge in [0.05, 0.1) is 12.8 Å². The number of nitrogen functional groups attached to an aromatic ring is 1. The summed E-state index contributed by atoms with van der Waals surface area (Å²) in [6.07, 6.45) is 2.42. The van der Waals surface area contributed by atoms with Crippen LogP contribution in [0, 0.1) is 0 Å². The number of ether oxygens (including phenoxy) is 1. The summed E-state index contributed by atoms with van der Waals surface area (Å²) in [5, 5.41) is 0. The second-order valence-corrected chi connectivity index (χ2v) is 5.31. The molecule has 0 aliphatic carbocycles. The molecule has 0 unspecified atom stereocenters. The smallest absolute Gasteiger partial charge is 0.212 e. The largest absolute Gasteiger partial charge is 0.481 e. The van der Waals surface area contributed by atoms with E-state index in [2.05, 4.69) is 15.0 Å². The molecule has 1 aliphatic rings. The van der Waals surface area contributed by atoms with Crippen LogP contribution in [0.5, 0.6) is 5.88 Å². The lowest BCUT2D eigenvalue weighted by atomic mass is 10.2. The van der Waals surface area contributed by atoms with E-state index in [0.29, 0.717) is 18.1 Å². The lowest BCUT2D eigenvalue weighted by Gasteiger charge is -2.06. The van der Waals surface area contributed by atoms with E-state index in [1.165, 1.54) is 0 Å². The Hall–Kier alpha value is -1.82. The van der Waals surface area contributed by atoms with Crippen molar-refractivity contribution in [3.8, 4) is 5.88 Å². The van der Waals surface area contributed by atoms with Gasteiger partial charge in [-0.25, -0.2) is 15.0 Å². The third-order valence-electron chi connectivity index (χ3n) is 3.03. The fourth-order valence-corrected chi connectivity index (χ4v) is 3.08. The van der Waals surface area contributed by atoms with Crippen LogP contribution in [0.3, 0.4) is 0 Å². The van der Waals surface area contributed by atoms with Crippen molar-refractivity contribution in [3.05, 3.63) is 41.0 Å². The van der Waals surface area contributed by atoms with Crippen LogP contribution in [0.1, 0.15) is 22.6 Å². The summed E-state index contributed by atoms with van der Waals surface area (Å²) >= 11 is 1.83. The molecule has 0 radical (unpaired) electrons. The molecule has 2 aromatic rings. The number of rotatable bonds is 3. The molecule has 2 N–H and O–H groups in total. The van der Waals surface area contributed by atoms with E-state index in [4.69, 9.17) is 10.5 Å². The van der Waals surface area contributed by atoms with Crippen molar-refractivity contribution in [1.82, 2.24) is 15.0 Å². The number of pyridine rings is 1. The Labute approximate surface area is 115 Å². The number of hydrogen-bond donors (Lipinski definition) is 1. The Kier molecular flexibility index (Phi) is 3.25.